The highest BCUT2D eigenvalue weighted by Gasteiger charge is 2.22. The number of carbonyl (C=O) groups is 1. The number of alkyl halides is 3. The molecule has 0 bridgehead atoms. The van der Waals surface area contributed by atoms with Gasteiger partial charge in [0.2, 0.25) is 5.91 Å². The van der Waals surface area contributed by atoms with Crippen LogP contribution in [0, 0.1) is 0 Å². The van der Waals surface area contributed by atoms with Crippen LogP contribution in [0.2, 0.25) is 0 Å². The predicted molar refractivity (Wildman–Crippen MR) is 61.4 cm³/mol. The fourth-order valence-corrected chi connectivity index (χ4v) is 1.16. The fraction of sp³-hybridized carbons (Fsp3) is 0.250. The number of hydrogen-bond acceptors (Lipinski definition) is 2. The molecule has 0 unspecified atom stereocenters. The highest BCUT2D eigenvalue weighted by molar-refractivity contribution is 5.99. The van der Waals surface area contributed by atoms with Crippen LogP contribution in [0.5, 0.6) is 5.75 Å². The summed E-state index contributed by atoms with van der Waals surface area (Å²) in [5.41, 5.74) is 0.398. The molecule has 0 radical (unpaired) electrons. The summed E-state index contributed by atoms with van der Waals surface area (Å²) in [6.07, 6.45) is -4.16. The summed E-state index contributed by atoms with van der Waals surface area (Å²) in [6.45, 7) is 2.34. The number of rotatable bonds is 4. The average molecular weight is 259 g/mol. The third-order valence-corrected chi connectivity index (χ3v) is 1.86. The Bertz CT molecular complexity index is 424. The molecule has 0 aliphatic carbocycles. The van der Waals surface area contributed by atoms with Crippen LogP contribution < -0.4 is 10.1 Å². The first-order chi connectivity index (χ1) is 8.40. The number of ether oxygens (including phenoxy) is 1. The minimum Gasteiger partial charge on any atom is -0.494 e. The van der Waals surface area contributed by atoms with Crippen molar-refractivity contribution in [1.82, 2.24) is 0 Å². The molecule has 0 saturated heterocycles. The normalized spacial score (nSPS) is 11.6. The van der Waals surface area contributed by atoms with Gasteiger partial charge >= 0.3 is 6.18 Å². The molecular weight excluding hydrogens is 247 g/mol. The maximum atomic E-state index is 11.8. The first-order valence-corrected chi connectivity index (χ1v) is 5.20. The molecule has 1 amide bonds. The number of hydrogen-bond donors (Lipinski definition) is 1. The quantitative estimate of drug-likeness (QED) is 0.843. The van der Waals surface area contributed by atoms with Crippen molar-refractivity contribution in [3.63, 3.8) is 0 Å². The molecule has 18 heavy (non-hydrogen) atoms. The van der Waals surface area contributed by atoms with Gasteiger partial charge in [0.1, 0.15) is 5.75 Å². The summed E-state index contributed by atoms with van der Waals surface area (Å²) in [5, 5.41) is 2.30. The zero-order valence-corrected chi connectivity index (χ0v) is 9.62. The van der Waals surface area contributed by atoms with Gasteiger partial charge in [-0.25, -0.2) is 0 Å². The van der Waals surface area contributed by atoms with E-state index in [2.05, 4.69) is 5.32 Å². The fourth-order valence-electron chi connectivity index (χ4n) is 1.16. The molecule has 3 nitrogen and oxygen atoms in total. The van der Waals surface area contributed by atoms with Gasteiger partial charge in [-0.2, -0.15) is 13.2 Å². The minimum absolute atomic E-state index is 0.114. The van der Waals surface area contributed by atoms with Crippen molar-refractivity contribution in [3.8, 4) is 5.75 Å². The lowest BCUT2D eigenvalue weighted by Gasteiger charge is -2.05. The van der Waals surface area contributed by atoms with Crippen molar-refractivity contribution in [1.29, 1.82) is 0 Å². The number of carbonyl (C=O) groups excluding carboxylic acids is 1. The second-order valence-electron chi connectivity index (χ2n) is 3.32. The second-order valence-corrected chi connectivity index (χ2v) is 3.32. The van der Waals surface area contributed by atoms with E-state index >= 15 is 0 Å². The van der Waals surface area contributed by atoms with Gasteiger partial charge in [-0.05, 0) is 31.2 Å². The maximum absolute atomic E-state index is 11.8. The van der Waals surface area contributed by atoms with Crippen molar-refractivity contribution < 1.29 is 22.7 Å². The third kappa shape index (κ3) is 5.38. The van der Waals surface area contributed by atoms with Gasteiger partial charge in [0.05, 0.1) is 6.61 Å². The Balaban J connectivity index is 2.57. The van der Waals surface area contributed by atoms with Crippen LogP contribution in [0.3, 0.4) is 0 Å². The molecule has 6 heteroatoms. The van der Waals surface area contributed by atoms with Gasteiger partial charge in [0.25, 0.3) is 0 Å². The van der Waals surface area contributed by atoms with Crippen LogP contribution in [0.4, 0.5) is 18.9 Å². The molecule has 0 aliphatic rings. The zero-order chi connectivity index (χ0) is 13.6. The van der Waals surface area contributed by atoms with E-state index in [1.54, 1.807) is 24.3 Å². The van der Waals surface area contributed by atoms with Crippen LogP contribution in [0.25, 0.3) is 0 Å². The lowest BCUT2D eigenvalue weighted by atomic mass is 10.3. The molecule has 0 spiro atoms. The average Bonchev–Trinajstić information content (AvgIpc) is 2.29. The summed E-state index contributed by atoms with van der Waals surface area (Å²) < 4.78 is 40.6. The van der Waals surface area contributed by atoms with Crippen LogP contribution >= 0.6 is 0 Å². The van der Waals surface area contributed by atoms with Crippen LogP contribution in [0.1, 0.15) is 6.92 Å². The Kier molecular flexibility index (Phi) is 4.76. The first kappa shape index (κ1) is 14.1. The summed E-state index contributed by atoms with van der Waals surface area (Å²) in [7, 11) is 0. The Morgan fingerprint density at radius 2 is 1.94 bits per heavy atom. The van der Waals surface area contributed by atoms with Crippen molar-refractivity contribution in [2.45, 2.75) is 13.1 Å². The Labute approximate surface area is 102 Å². The minimum atomic E-state index is -4.49. The number of allylic oxidation sites excluding steroid dienone is 1. The van der Waals surface area contributed by atoms with Gasteiger partial charge in [0, 0.05) is 17.8 Å². The molecule has 1 aromatic rings. The molecule has 0 aliphatic heterocycles. The summed E-state index contributed by atoms with van der Waals surface area (Å²) in [6, 6.07) is 6.33. The number of amides is 1. The van der Waals surface area contributed by atoms with Crippen molar-refractivity contribution >= 4 is 11.6 Å². The highest BCUT2D eigenvalue weighted by atomic mass is 19.4. The van der Waals surface area contributed by atoms with Crippen LogP contribution in [0.15, 0.2) is 36.4 Å². The predicted octanol–water partition coefficient (Wildman–Crippen LogP) is 3.14. The van der Waals surface area contributed by atoms with Crippen LogP contribution in [-0.4, -0.2) is 18.7 Å². The Morgan fingerprint density at radius 3 is 2.44 bits per heavy atom. The smallest absolute Gasteiger partial charge is 0.409 e. The Morgan fingerprint density at radius 1 is 1.33 bits per heavy atom. The third-order valence-electron chi connectivity index (χ3n) is 1.86. The highest BCUT2D eigenvalue weighted by Crippen LogP contribution is 2.17. The van der Waals surface area contributed by atoms with E-state index in [1.165, 1.54) is 0 Å². The number of nitrogens with one attached hydrogen (secondary N) is 1. The lowest BCUT2D eigenvalue weighted by Crippen LogP contribution is -2.10. The van der Waals surface area contributed by atoms with Crippen molar-refractivity contribution in [3.05, 3.63) is 36.4 Å². The van der Waals surface area contributed by atoms with Crippen LogP contribution in [-0.2, 0) is 4.79 Å². The molecule has 0 heterocycles. The van der Waals surface area contributed by atoms with Gasteiger partial charge in [0.15, 0.2) is 0 Å². The van der Waals surface area contributed by atoms with E-state index in [1.807, 2.05) is 6.92 Å². The Hall–Kier alpha value is -1.98. The lowest BCUT2D eigenvalue weighted by molar-refractivity contribution is -0.112. The van der Waals surface area contributed by atoms with E-state index in [0.29, 0.717) is 24.1 Å². The molecular formula is C12H12F3NO2. The zero-order valence-electron chi connectivity index (χ0n) is 9.62. The van der Waals surface area contributed by atoms with Gasteiger partial charge in [-0.15, -0.1) is 0 Å². The topological polar surface area (TPSA) is 38.3 Å². The molecule has 98 valence electrons. The SMILES string of the molecule is CCOc1ccc(NC(=O)/C=C/C(F)(F)F)cc1. The molecule has 0 saturated carbocycles. The monoisotopic (exact) mass is 259 g/mol. The number of anilines is 1. The van der Waals surface area contributed by atoms with Crippen molar-refractivity contribution in [2.24, 2.45) is 0 Å². The molecule has 1 rings (SSSR count). The van der Waals surface area contributed by atoms with Gasteiger partial charge in [-0.1, -0.05) is 0 Å². The van der Waals surface area contributed by atoms with E-state index in [0.717, 1.165) is 0 Å². The number of benzene rings is 1. The van der Waals surface area contributed by atoms with Gasteiger partial charge < -0.3 is 10.1 Å². The van der Waals surface area contributed by atoms with Crippen molar-refractivity contribution in [2.75, 3.05) is 11.9 Å². The van der Waals surface area contributed by atoms with E-state index in [4.69, 9.17) is 4.74 Å². The molecule has 0 atom stereocenters. The summed E-state index contributed by atoms with van der Waals surface area (Å²) >= 11 is 0. The maximum Gasteiger partial charge on any atom is 0.409 e. The second kappa shape index (κ2) is 6.09. The van der Waals surface area contributed by atoms with E-state index in [-0.39, 0.29) is 6.08 Å². The molecule has 0 fully saturated rings. The van der Waals surface area contributed by atoms with E-state index < -0.39 is 12.1 Å². The largest absolute Gasteiger partial charge is 0.494 e. The van der Waals surface area contributed by atoms with E-state index in [9.17, 15) is 18.0 Å². The molecule has 1 aromatic carbocycles. The standard InChI is InChI=1S/C12H12F3NO2/c1-2-18-10-5-3-9(4-6-10)16-11(17)7-8-12(13,14)15/h3-8H,2H2,1H3,(H,16,17)/b8-7+. The van der Waals surface area contributed by atoms with Gasteiger partial charge in [-0.3, -0.25) is 4.79 Å². The summed E-state index contributed by atoms with van der Waals surface area (Å²) in [5.74, 6) is -0.210. The summed E-state index contributed by atoms with van der Waals surface area (Å²) in [4.78, 5) is 11.1. The molecule has 0 aromatic heterocycles. The molecule has 1 N–H and O–H groups in total. The first-order valence-electron chi connectivity index (χ1n) is 5.20. The number of halogens is 3.